The van der Waals surface area contributed by atoms with Gasteiger partial charge in [0.1, 0.15) is 0 Å². The van der Waals surface area contributed by atoms with Crippen molar-refractivity contribution in [2.24, 2.45) is 5.92 Å². The Hall–Kier alpha value is -1.13. The first kappa shape index (κ1) is 15.9. The van der Waals surface area contributed by atoms with Gasteiger partial charge >= 0.3 is 0 Å². The predicted octanol–water partition coefficient (Wildman–Crippen LogP) is 2.07. The smallest absolute Gasteiger partial charge is 0.220 e. The Bertz CT molecular complexity index is 380. The largest absolute Gasteiger partial charge is 0.350 e. The predicted molar refractivity (Wildman–Crippen MR) is 78.3 cm³/mol. The number of hydrogen-bond acceptors (Lipinski definition) is 3. The second-order valence-corrected chi connectivity index (χ2v) is 4.97. The van der Waals surface area contributed by atoms with Crippen molar-refractivity contribution in [3.05, 3.63) is 30.1 Å². The molecule has 1 aliphatic rings. The van der Waals surface area contributed by atoms with Crippen LogP contribution in [0.15, 0.2) is 24.5 Å². The van der Waals surface area contributed by atoms with Gasteiger partial charge in [-0.3, -0.25) is 9.78 Å². The minimum atomic E-state index is 0. The van der Waals surface area contributed by atoms with Gasteiger partial charge in [-0.15, -0.1) is 12.4 Å². The number of hydrogen-bond donors (Lipinski definition) is 2. The molecule has 19 heavy (non-hydrogen) atoms. The van der Waals surface area contributed by atoms with Gasteiger partial charge in [0.05, 0.1) is 6.04 Å². The molecule has 4 nitrogen and oxygen atoms in total. The highest BCUT2D eigenvalue weighted by atomic mass is 35.5. The second-order valence-electron chi connectivity index (χ2n) is 4.97. The third kappa shape index (κ3) is 5.17. The monoisotopic (exact) mass is 283 g/mol. The molecule has 1 fully saturated rings. The van der Waals surface area contributed by atoms with Crippen LogP contribution in [0, 0.1) is 5.92 Å². The van der Waals surface area contributed by atoms with Gasteiger partial charge in [0, 0.05) is 18.8 Å². The van der Waals surface area contributed by atoms with E-state index >= 15 is 0 Å². The van der Waals surface area contributed by atoms with Crippen LogP contribution in [0.25, 0.3) is 0 Å². The van der Waals surface area contributed by atoms with Crippen LogP contribution in [-0.4, -0.2) is 24.0 Å². The SMILES string of the molecule is CC(NC(=O)CCC1CCNC1)c1cccnc1.Cl. The van der Waals surface area contributed by atoms with E-state index in [1.807, 2.05) is 19.1 Å². The molecular formula is C14H22ClN3O. The lowest BCUT2D eigenvalue weighted by molar-refractivity contribution is -0.122. The van der Waals surface area contributed by atoms with Crippen LogP contribution < -0.4 is 10.6 Å². The minimum absolute atomic E-state index is 0. The normalized spacial score (nSPS) is 19.5. The van der Waals surface area contributed by atoms with E-state index in [1.165, 1.54) is 6.42 Å². The summed E-state index contributed by atoms with van der Waals surface area (Å²) in [5, 5.41) is 6.34. The number of aromatic nitrogens is 1. The summed E-state index contributed by atoms with van der Waals surface area (Å²) in [5.41, 5.74) is 1.05. The van der Waals surface area contributed by atoms with Gasteiger partial charge in [-0.2, -0.15) is 0 Å². The lowest BCUT2D eigenvalue weighted by Gasteiger charge is -2.14. The van der Waals surface area contributed by atoms with E-state index in [0.717, 1.165) is 25.1 Å². The van der Waals surface area contributed by atoms with Crippen molar-refractivity contribution in [1.29, 1.82) is 0 Å². The molecule has 1 amide bonds. The molecule has 0 aromatic carbocycles. The first-order valence-corrected chi connectivity index (χ1v) is 6.65. The van der Waals surface area contributed by atoms with Crippen LogP contribution >= 0.6 is 12.4 Å². The van der Waals surface area contributed by atoms with Gasteiger partial charge in [0.25, 0.3) is 0 Å². The summed E-state index contributed by atoms with van der Waals surface area (Å²) in [6.07, 6.45) is 6.35. The molecule has 2 N–H and O–H groups in total. The molecule has 2 heterocycles. The van der Waals surface area contributed by atoms with Crippen molar-refractivity contribution in [3.63, 3.8) is 0 Å². The Morgan fingerprint density at radius 2 is 2.47 bits per heavy atom. The first-order chi connectivity index (χ1) is 8.75. The van der Waals surface area contributed by atoms with Crippen LogP contribution in [0.3, 0.4) is 0 Å². The number of carbonyl (C=O) groups is 1. The molecule has 2 unspecified atom stereocenters. The van der Waals surface area contributed by atoms with Gasteiger partial charge in [-0.1, -0.05) is 6.07 Å². The Balaban J connectivity index is 0.00000180. The molecule has 0 bridgehead atoms. The molecule has 1 aliphatic heterocycles. The molecule has 1 aromatic rings. The summed E-state index contributed by atoms with van der Waals surface area (Å²) in [7, 11) is 0. The third-order valence-electron chi connectivity index (χ3n) is 3.50. The van der Waals surface area contributed by atoms with Crippen molar-refractivity contribution < 1.29 is 4.79 Å². The van der Waals surface area contributed by atoms with Crippen LogP contribution in [0.5, 0.6) is 0 Å². The summed E-state index contributed by atoms with van der Waals surface area (Å²) in [5.74, 6) is 0.808. The average molecular weight is 284 g/mol. The maximum atomic E-state index is 11.8. The highest BCUT2D eigenvalue weighted by Gasteiger charge is 2.16. The van der Waals surface area contributed by atoms with E-state index in [-0.39, 0.29) is 24.4 Å². The molecule has 1 saturated heterocycles. The molecular weight excluding hydrogens is 262 g/mol. The van der Waals surface area contributed by atoms with E-state index in [2.05, 4.69) is 15.6 Å². The number of pyridine rings is 1. The quantitative estimate of drug-likeness (QED) is 0.870. The standard InChI is InChI=1S/C14H21N3O.ClH/c1-11(13-3-2-7-15-10-13)17-14(18)5-4-12-6-8-16-9-12;/h2-3,7,10-12,16H,4-6,8-9H2,1H3,(H,17,18);1H. The minimum Gasteiger partial charge on any atom is -0.350 e. The van der Waals surface area contributed by atoms with Crippen molar-refractivity contribution in [2.45, 2.75) is 32.2 Å². The number of amides is 1. The maximum absolute atomic E-state index is 11.8. The first-order valence-electron chi connectivity index (χ1n) is 6.65. The van der Waals surface area contributed by atoms with Gasteiger partial charge in [-0.05, 0) is 50.4 Å². The van der Waals surface area contributed by atoms with E-state index in [9.17, 15) is 4.79 Å². The fourth-order valence-electron chi connectivity index (χ4n) is 2.33. The molecule has 2 rings (SSSR count). The van der Waals surface area contributed by atoms with Crippen LogP contribution in [-0.2, 0) is 4.79 Å². The highest BCUT2D eigenvalue weighted by molar-refractivity contribution is 5.85. The number of nitrogens with zero attached hydrogens (tertiary/aromatic N) is 1. The van der Waals surface area contributed by atoms with Gasteiger partial charge in [0.2, 0.25) is 5.91 Å². The Labute approximate surface area is 120 Å². The molecule has 5 heteroatoms. The zero-order valence-corrected chi connectivity index (χ0v) is 12.1. The van der Waals surface area contributed by atoms with Gasteiger partial charge in [-0.25, -0.2) is 0 Å². The van der Waals surface area contributed by atoms with Gasteiger partial charge < -0.3 is 10.6 Å². The van der Waals surface area contributed by atoms with E-state index in [4.69, 9.17) is 0 Å². The molecule has 0 aliphatic carbocycles. The number of carbonyl (C=O) groups excluding carboxylic acids is 1. The van der Waals surface area contributed by atoms with Crippen molar-refractivity contribution in [1.82, 2.24) is 15.6 Å². The Morgan fingerprint density at radius 3 is 3.11 bits per heavy atom. The van der Waals surface area contributed by atoms with Crippen LogP contribution in [0.4, 0.5) is 0 Å². The van der Waals surface area contributed by atoms with E-state index in [1.54, 1.807) is 12.4 Å². The average Bonchev–Trinajstić information content (AvgIpc) is 2.90. The topological polar surface area (TPSA) is 54.0 Å². The van der Waals surface area contributed by atoms with E-state index < -0.39 is 0 Å². The van der Waals surface area contributed by atoms with Crippen LogP contribution in [0.2, 0.25) is 0 Å². The summed E-state index contributed by atoms with van der Waals surface area (Å²) < 4.78 is 0. The fraction of sp³-hybridized carbons (Fsp3) is 0.571. The van der Waals surface area contributed by atoms with Crippen LogP contribution in [0.1, 0.15) is 37.8 Å². The summed E-state index contributed by atoms with van der Waals surface area (Å²) in [6, 6.07) is 3.91. The lowest BCUT2D eigenvalue weighted by Crippen LogP contribution is -2.27. The van der Waals surface area contributed by atoms with Crippen molar-refractivity contribution in [2.75, 3.05) is 13.1 Å². The molecule has 106 valence electrons. The fourth-order valence-corrected chi connectivity index (χ4v) is 2.33. The number of halogens is 1. The second kappa shape index (κ2) is 8.12. The molecule has 2 atom stereocenters. The highest BCUT2D eigenvalue weighted by Crippen LogP contribution is 2.15. The van der Waals surface area contributed by atoms with Gasteiger partial charge in [0.15, 0.2) is 0 Å². The Morgan fingerprint density at radius 1 is 1.63 bits per heavy atom. The zero-order chi connectivity index (χ0) is 12.8. The molecule has 0 spiro atoms. The molecule has 0 saturated carbocycles. The summed E-state index contributed by atoms with van der Waals surface area (Å²) in [4.78, 5) is 15.9. The van der Waals surface area contributed by atoms with Crippen molar-refractivity contribution >= 4 is 18.3 Å². The number of rotatable bonds is 5. The van der Waals surface area contributed by atoms with E-state index in [0.29, 0.717) is 12.3 Å². The Kier molecular flexibility index (Phi) is 6.81. The number of nitrogens with one attached hydrogen (secondary N) is 2. The third-order valence-corrected chi connectivity index (χ3v) is 3.50. The molecule has 0 radical (unpaired) electrons. The zero-order valence-electron chi connectivity index (χ0n) is 11.3. The molecule has 1 aromatic heterocycles. The summed E-state index contributed by atoms with van der Waals surface area (Å²) in [6.45, 7) is 4.15. The lowest BCUT2D eigenvalue weighted by atomic mass is 10.0. The van der Waals surface area contributed by atoms with Crippen molar-refractivity contribution in [3.8, 4) is 0 Å². The summed E-state index contributed by atoms with van der Waals surface area (Å²) >= 11 is 0. The maximum Gasteiger partial charge on any atom is 0.220 e.